The van der Waals surface area contributed by atoms with E-state index in [4.69, 9.17) is 16.9 Å². The lowest BCUT2D eigenvalue weighted by molar-refractivity contribution is 0.112. The zero-order valence-electron chi connectivity index (χ0n) is 8.52. The van der Waals surface area contributed by atoms with E-state index in [0.717, 1.165) is 24.3 Å². The van der Waals surface area contributed by atoms with E-state index in [1.54, 1.807) is 0 Å². The molecule has 16 heavy (non-hydrogen) atoms. The molecule has 0 unspecified atom stereocenters. The molecule has 1 aliphatic rings. The summed E-state index contributed by atoms with van der Waals surface area (Å²) in [5, 5.41) is 9.61. The molecule has 0 spiro atoms. The van der Waals surface area contributed by atoms with Gasteiger partial charge in [0.2, 0.25) is 0 Å². The molecule has 1 aliphatic carbocycles. The van der Waals surface area contributed by atoms with Gasteiger partial charge in [0.15, 0.2) is 16.6 Å². The summed E-state index contributed by atoms with van der Waals surface area (Å²) in [6.07, 6.45) is 3.43. The highest BCUT2D eigenvalue weighted by Gasteiger charge is 2.31. The Morgan fingerprint density at radius 2 is 2.44 bits per heavy atom. The van der Waals surface area contributed by atoms with Crippen LogP contribution >= 0.6 is 22.9 Å². The summed E-state index contributed by atoms with van der Waals surface area (Å²) in [7, 11) is 0. The van der Waals surface area contributed by atoms with Crippen molar-refractivity contribution < 1.29 is 4.79 Å². The van der Waals surface area contributed by atoms with Crippen LogP contribution in [-0.2, 0) is 0 Å². The molecule has 0 atom stereocenters. The standard InChI is InChI=1S/C10H10ClN3OS/c11-9-8(6-15)16-10(13-9)14(5-1-4-12)7-2-3-7/h6-7H,1-3,5H2. The molecule has 1 saturated carbocycles. The maximum absolute atomic E-state index is 10.7. The average molecular weight is 256 g/mol. The van der Waals surface area contributed by atoms with E-state index in [9.17, 15) is 4.79 Å². The molecule has 84 valence electrons. The quantitative estimate of drug-likeness (QED) is 0.759. The van der Waals surface area contributed by atoms with E-state index >= 15 is 0 Å². The number of nitrogens with zero attached hydrogens (tertiary/aromatic N) is 3. The Hall–Kier alpha value is -1.12. The number of nitriles is 1. The van der Waals surface area contributed by atoms with E-state index in [1.165, 1.54) is 11.3 Å². The first kappa shape index (κ1) is 11.4. The van der Waals surface area contributed by atoms with Gasteiger partial charge in [-0.3, -0.25) is 4.79 Å². The highest BCUT2D eigenvalue weighted by atomic mass is 35.5. The Morgan fingerprint density at radius 3 is 2.94 bits per heavy atom. The van der Waals surface area contributed by atoms with Crippen molar-refractivity contribution in [2.24, 2.45) is 0 Å². The van der Waals surface area contributed by atoms with Crippen LogP contribution in [0.1, 0.15) is 28.9 Å². The van der Waals surface area contributed by atoms with Crippen LogP contribution in [0.2, 0.25) is 5.15 Å². The number of anilines is 1. The van der Waals surface area contributed by atoms with E-state index in [-0.39, 0.29) is 5.15 Å². The molecule has 0 aliphatic heterocycles. The number of rotatable bonds is 5. The SMILES string of the molecule is N#CCCN(c1nc(Cl)c(C=O)s1)C1CC1. The lowest BCUT2D eigenvalue weighted by Crippen LogP contribution is -2.26. The minimum Gasteiger partial charge on any atom is -0.344 e. The summed E-state index contributed by atoms with van der Waals surface area (Å²) < 4.78 is 0. The predicted octanol–water partition coefficient (Wildman–Crippen LogP) is 2.49. The minimum absolute atomic E-state index is 0.262. The summed E-state index contributed by atoms with van der Waals surface area (Å²) >= 11 is 7.12. The first-order valence-electron chi connectivity index (χ1n) is 5.01. The van der Waals surface area contributed by atoms with Crippen molar-refractivity contribution in [1.29, 1.82) is 5.26 Å². The van der Waals surface area contributed by atoms with Crippen LogP contribution in [0.4, 0.5) is 5.13 Å². The van der Waals surface area contributed by atoms with Crippen molar-refractivity contribution in [3.8, 4) is 6.07 Å². The smallest absolute Gasteiger partial charge is 0.187 e. The summed E-state index contributed by atoms with van der Waals surface area (Å²) in [5.41, 5.74) is 0. The second kappa shape index (κ2) is 4.81. The first-order chi connectivity index (χ1) is 7.76. The number of aldehydes is 1. The maximum atomic E-state index is 10.7. The molecule has 1 aromatic rings. The summed E-state index contributed by atoms with van der Waals surface area (Å²) in [6, 6.07) is 2.59. The second-order valence-corrected chi connectivity index (χ2v) is 4.97. The fourth-order valence-corrected chi connectivity index (χ4v) is 2.65. The summed E-state index contributed by atoms with van der Waals surface area (Å²) in [4.78, 5) is 17.4. The van der Waals surface area contributed by atoms with Gasteiger partial charge in [0.05, 0.1) is 12.5 Å². The van der Waals surface area contributed by atoms with Crippen LogP contribution in [0.3, 0.4) is 0 Å². The Morgan fingerprint density at radius 1 is 1.69 bits per heavy atom. The fraction of sp³-hybridized carbons (Fsp3) is 0.500. The number of carbonyl (C=O) groups is 1. The van der Waals surface area contributed by atoms with E-state index in [2.05, 4.69) is 16.0 Å². The number of thiazole rings is 1. The Labute approximate surface area is 102 Å². The highest BCUT2D eigenvalue weighted by molar-refractivity contribution is 7.17. The van der Waals surface area contributed by atoms with Gasteiger partial charge in [0, 0.05) is 12.6 Å². The first-order valence-corrected chi connectivity index (χ1v) is 6.20. The molecule has 4 nitrogen and oxygen atoms in total. The lowest BCUT2D eigenvalue weighted by atomic mass is 10.4. The zero-order chi connectivity index (χ0) is 11.5. The van der Waals surface area contributed by atoms with Crippen molar-refractivity contribution >= 4 is 34.4 Å². The van der Waals surface area contributed by atoms with E-state index in [1.807, 2.05) is 0 Å². The fourth-order valence-electron chi connectivity index (χ4n) is 1.49. The second-order valence-electron chi connectivity index (χ2n) is 3.60. The predicted molar refractivity (Wildman–Crippen MR) is 63.1 cm³/mol. The third-order valence-electron chi connectivity index (χ3n) is 2.40. The van der Waals surface area contributed by atoms with Gasteiger partial charge in [-0.25, -0.2) is 4.98 Å². The Balaban J connectivity index is 2.17. The monoisotopic (exact) mass is 255 g/mol. The number of carbonyl (C=O) groups excluding carboxylic acids is 1. The molecule has 6 heteroatoms. The number of hydrogen-bond acceptors (Lipinski definition) is 5. The van der Waals surface area contributed by atoms with Crippen molar-refractivity contribution in [1.82, 2.24) is 4.98 Å². The minimum atomic E-state index is 0.262. The van der Waals surface area contributed by atoms with Gasteiger partial charge in [-0.1, -0.05) is 22.9 Å². The molecule has 0 radical (unpaired) electrons. The number of halogens is 1. The van der Waals surface area contributed by atoms with Gasteiger partial charge in [-0.05, 0) is 12.8 Å². The molecule has 1 fully saturated rings. The van der Waals surface area contributed by atoms with Gasteiger partial charge in [-0.2, -0.15) is 5.26 Å². The van der Waals surface area contributed by atoms with Crippen LogP contribution in [0.25, 0.3) is 0 Å². The molecule has 1 aromatic heterocycles. The van der Waals surface area contributed by atoms with Crippen molar-refractivity contribution in [2.45, 2.75) is 25.3 Å². The molecule has 0 N–H and O–H groups in total. The van der Waals surface area contributed by atoms with Gasteiger partial charge >= 0.3 is 0 Å². The molecule has 0 bridgehead atoms. The highest BCUT2D eigenvalue weighted by Crippen LogP contribution is 2.36. The lowest BCUT2D eigenvalue weighted by Gasteiger charge is -2.19. The van der Waals surface area contributed by atoms with Crippen LogP contribution in [0.5, 0.6) is 0 Å². The molecular formula is C10H10ClN3OS. The third kappa shape index (κ3) is 2.34. The molecule has 1 heterocycles. The maximum Gasteiger partial charge on any atom is 0.187 e. The van der Waals surface area contributed by atoms with Gasteiger partial charge in [0.1, 0.15) is 4.88 Å². The Kier molecular flexibility index (Phi) is 3.42. The van der Waals surface area contributed by atoms with Gasteiger partial charge < -0.3 is 4.90 Å². The topological polar surface area (TPSA) is 57.0 Å². The van der Waals surface area contributed by atoms with Crippen molar-refractivity contribution in [3.63, 3.8) is 0 Å². The number of hydrogen-bond donors (Lipinski definition) is 0. The molecule has 0 amide bonds. The van der Waals surface area contributed by atoms with Crippen LogP contribution < -0.4 is 4.90 Å². The van der Waals surface area contributed by atoms with Crippen molar-refractivity contribution in [3.05, 3.63) is 10.0 Å². The Bertz CT molecular complexity index is 436. The van der Waals surface area contributed by atoms with Gasteiger partial charge in [0.25, 0.3) is 0 Å². The molecule has 0 aromatic carbocycles. The van der Waals surface area contributed by atoms with Crippen molar-refractivity contribution in [2.75, 3.05) is 11.4 Å². The van der Waals surface area contributed by atoms with Gasteiger partial charge in [-0.15, -0.1) is 0 Å². The molecule has 2 rings (SSSR count). The summed E-state index contributed by atoms with van der Waals surface area (Å²) in [6.45, 7) is 0.656. The third-order valence-corrected chi connectivity index (χ3v) is 3.82. The average Bonchev–Trinajstić information content (AvgIpc) is 3.03. The van der Waals surface area contributed by atoms with Crippen LogP contribution in [0, 0.1) is 11.3 Å². The largest absolute Gasteiger partial charge is 0.344 e. The van der Waals surface area contributed by atoms with Crippen LogP contribution in [0.15, 0.2) is 0 Å². The van der Waals surface area contributed by atoms with E-state index in [0.29, 0.717) is 23.9 Å². The zero-order valence-corrected chi connectivity index (χ0v) is 10.1. The summed E-state index contributed by atoms with van der Waals surface area (Å²) in [5.74, 6) is 0. The molecular weight excluding hydrogens is 246 g/mol. The normalized spacial score (nSPS) is 14.5. The van der Waals surface area contributed by atoms with Crippen LogP contribution in [-0.4, -0.2) is 23.9 Å². The van der Waals surface area contributed by atoms with E-state index < -0.39 is 0 Å². The number of aromatic nitrogens is 1. The molecule has 0 saturated heterocycles.